The van der Waals surface area contributed by atoms with Crippen molar-refractivity contribution >= 4 is 11.6 Å². The van der Waals surface area contributed by atoms with E-state index < -0.39 is 0 Å². The summed E-state index contributed by atoms with van der Waals surface area (Å²) in [5.41, 5.74) is 1.89. The van der Waals surface area contributed by atoms with E-state index in [0.29, 0.717) is 13.1 Å². The van der Waals surface area contributed by atoms with Crippen LogP contribution in [0.25, 0.3) is 5.65 Å². The number of piperidine rings is 1. The number of ether oxygens (including phenoxy) is 1. The molecular formula is C21H25N5O2. The van der Waals surface area contributed by atoms with Crippen LogP contribution in [0.1, 0.15) is 30.1 Å². The zero-order valence-electron chi connectivity index (χ0n) is 16.0. The number of amides is 1. The summed E-state index contributed by atoms with van der Waals surface area (Å²) in [6, 6.07) is 13.7. The number of methoxy groups -OCH3 is 1. The Bertz CT molecular complexity index is 955. The molecule has 1 amide bonds. The minimum atomic E-state index is 0.0366. The van der Waals surface area contributed by atoms with E-state index in [1.165, 1.54) is 0 Å². The molecule has 0 radical (unpaired) electrons. The fourth-order valence-electron chi connectivity index (χ4n) is 3.79. The number of carbonyl (C=O) groups is 1. The maximum Gasteiger partial charge on any atom is 0.234 e. The fraction of sp³-hybridized carbons (Fsp3) is 0.381. The molecule has 0 spiro atoms. The predicted octanol–water partition coefficient (Wildman–Crippen LogP) is 2.23. The van der Waals surface area contributed by atoms with E-state index in [1.807, 2.05) is 48.7 Å². The third kappa shape index (κ3) is 4.14. The summed E-state index contributed by atoms with van der Waals surface area (Å²) in [6.07, 6.45) is 4.12. The molecule has 1 aliphatic heterocycles. The van der Waals surface area contributed by atoms with Crippen LogP contribution in [0.4, 0.5) is 0 Å². The van der Waals surface area contributed by atoms with E-state index in [2.05, 4.69) is 24.8 Å². The Balaban J connectivity index is 1.34. The highest BCUT2D eigenvalue weighted by atomic mass is 16.5. The Morgan fingerprint density at radius 2 is 2.18 bits per heavy atom. The molecule has 3 aromatic rings. The molecule has 0 bridgehead atoms. The maximum atomic E-state index is 12.4. The van der Waals surface area contributed by atoms with Gasteiger partial charge in [0.2, 0.25) is 5.91 Å². The number of hydrogen-bond donors (Lipinski definition) is 1. The lowest BCUT2D eigenvalue weighted by Gasteiger charge is -2.31. The molecule has 1 unspecified atom stereocenters. The first-order valence-electron chi connectivity index (χ1n) is 9.64. The number of nitrogens with zero attached hydrogens (tertiary/aromatic N) is 4. The van der Waals surface area contributed by atoms with Crippen LogP contribution >= 0.6 is 0 Å². The number of nitrogens with one attached hydrogen (secondary N) is 1. The minimum Gasteiger partial charge on any atom is -0.497 e. The van der Waals surface area contributed by atoms with Crippen molar-refractivity contribution < 1.29 is 9.53 Å². The Hall–Kier alpha value is -2.93. The van der Waals surface area contributed by atoms with Crippen LogP contribution in [0.5, 0.6) is 5.75 Å². The number of fused-ring (bicyclic) bond motifs is 1. The molecule has 1 N–H and O–H groups in total. The van der Waals surface area contributed by atoms with Crippen LogP contribution in [-0.4, -0.2) is 52.1 Å². The maximum absolute atomic E-state index is 12.4. The van der Waals surface area contributed by atoms with Gasteiger partial charge in [-0.1, -0.05) is 18.2 Å². The summed E-state index contributed by atoms with van der Waals surface area (Å²) in [5.74, 6) is 2.11. The second-order valence-electron chi connectivity index (χ2n) is 7.19. The molecule has 3 heterocycles. The van der Waals surface area contributed by atoms with Crippen LogP contribution in [0.2, 0.25) is 0 Å². The van der Waals surface area contributed by atoms with Crippen molar-refractivity contribution in [2.45, 2.75) is 25.3 Å². The third-order valence-corrected chi connectivity index (χ3v) is 5.20. The quantitative estimate of drug-likeness (QED) is 0.711. The van der Waals surface area contributed by atoms with Gasteiger partial charge in [0.25, 0.3) is 0 Å². The van der Waals surface area contributed by atoms with Gasteiger partial charge in [-0.3, -0.25) is 14.1 Å². The average Bonchev–Trinajstić information content (AvgIpc) is 3.17. The molecule has 28 heavy (non-hydrogen) atoms. The molecule has 1 fully saturated rings. The van der Waals surface area contributed by atoms with Crippen LogP contribution in [-0.2, 0) is 11.3 Å². The van der Waals surface area contributed by atoms with Crippen molar-refractivity contribution in [1.29, 1.82) is 0 Å². The number of pyridine rings is 1. The van der Waals surface area contributed by atoms with Crippen LogP contribution in [0.3, 0.4) is 0 Å². The Kier molecular flexibility index (Phi) is 5.53. The van der Waals surface area contributed by atoms with E-state index in [9.17, 15) is 4.79 Å². The zero-order valence-corrected chi connectivity index (χ0v) is 16.0. The van der Waals surface area contributed by atoms with Crippen LogP contribution in [0.15, 0.2) is 48.7 Å². The predicted molar refractivity (Wildman–Crippen MR) is 106 cm³/mol. The number of aromatic nitrogens is 3. The summed E-state index contributed by atoms with van der Waals surface area (Å²) in [7, 11) is 1.64. The molecular weight excluding hydrogens is 354 g/mol. The minimum absolute atomic E-state index is 0.0366. The lowest BCUT2D eigenvalue weighted by Crippen LogP contribution is -2.42. The standard InChI is InChI=1S/C21H25N5O2/c1-28-18-8-4-6-16(12-18)13-22-20(27)15-25-10-5-7-17(14-25)21-24-23-19-9-2-3-11-26(19)21/h2-4,6,8-9,11-12,17H,5,7,10,13-15H2,1H3,(H,22,27). The topological polar surface area (TPSA) is 71.8 Å². The molecule has 0 aliphatic carbocycles. The monoisotopic (exact) mass is 379 g/mol. The first kappa shape index (κ1) is 18.4. The molecule has 1 aromatic carbocycles. The van der Waals surface area contributed by atoms with Gasteiger partial charge >= 0.3 is 0 Å². The van der Waals surface area contributed by atoms with Gasteiger partial charge in [0.15, 0.2) is 5.65 Å². The smallest absolute Gasteiger partial charge is 0.234 e. The van der Waals surface area contributed by atoms with Crippen LogP contribution in [0, 0.1) is 0 Å². The number of rotatable bonds is 6. The van der Waals surface area contributed by atoms with Gasteiger partial charge in [0.1, 0.15) is 11.6 Å². The Morgan fingerprint density at radius 1 is 1.25 bits per heavy atom. The largest absolute Gasteiger partial charge is 0.497 e. The second-order valence-corrected chi connectivity index (χ2v) is 7.19. The van der Waals surface area contributed by atoms with Crippen LogP contribution < -0.4 is 10.1 Å². The molecule has 4 rings (SSSR count). The highest BCUT2D eigenvalue weighted by Crippen LogP contribution is 2.25. The van der Waals surface area contributed by atoms with Gasteiger partial charge in [-0.05, 0) is 49.2 Å². The SMILES string of the molecule is COc1cccc(CNC(=O)CN2CCCC(c3nnc4ccccn34)C2)c1. The normalized spacial score (nSPS) is 17.5. The lowest BCUT2D eigenvalue weighted by atomic mass is 9.97. The van der Waals surface area contributed by atoms with Gasteiger partial charge in [-0.25, -0.2) is 0 Å². The van der Waals surface area contributed by atoms with Gasteiger partial charge in [0.05, 0.1) is 13.7 Å². The van der Waals surface area contributed by atoms with Crippen molar-refractivity contribution in [3.05, 3.63) is 60.0 Å². The number of benzene rings is 1. The van der Waals surface area contributed by atoms with E-state index in [1.54, 1.807) is 7.11 Å². The van der Waals surface area contributed by atoms with Crippen molar-refractivity contribution in [1.82, 2.24) is 24.8 Å². The molecule has 7 nitrogen and oxygen atoms in total. The van der Waals surface area contributed by atoms with Gasteiger partial charge in [-0.15, -0.1) is 10.2 Å². The average molecular weight is 379 g/mol. The van der Waals surface area contributed by atoms with Crippen molar-refractivity contribution in [3.8, 4) is 5.75 Å². The molecule has 146 valence electrons. The fourth-order valence-corrected chi connectivity index (χ4v) is 3.79. The summed E-state index contributed by atoms with van der Waals surface area (Å²) >= 11 is 0. The summed E-state index contributed by atoms with van der Waals surface area (Å²) < 4.78 is 7.28. The zero-order chi connectivity index (χ0) is 19.3. The van der Waals surface area contributed by atoms with Crippen molar-refractivity contribution in [3.63, 3.8) is 0 Å². The van der Waals surface area contributed by atoms with Gasteiger partial charge in [0, 0.05) is 25.2 Å². The Morgan fingerprint density at radius 3 is 3.07 bits per heavy atom. The summed E-state index contributed by atoms with van der Waals surface area (Å²) in [4.78, 5) is 14.6. The number of hydrogen-bond acceptors (Lipinski definition) is 5. The molecule has 1 aliphatic rings. The van der Waals surface area contributed by atoms with Gasteiger partial charge < -0.3 is 10.1 Å². The van der Waals surface area contributed by atoms with E-state index in [-0.39, 0.29) is 11.8 Å². The highest BCUT2D eigenvalue weighted by molar-refractivity contribution is 5.78. The Labute approximate surface area is 164 Å². The first-order chi connectivity index (χ1) is 13.7. The molecule has 2 aromatic heterocycles. The summed E-state index contributed by atoms with van der Waals surface area (Å²) in [6.45, 7) is 2.65. The van der Waals surface area contributed by atoms with E-state index in [4.69, 9.17) is 4.74 Å². The van der Waals surface area contributed by atoms with Gasteiger partial charge in [-0.2, -0.15) is 0 Å². The highest BCUT2D eigenvalue weighted by Gasteiger charge is 2.26. The van der Waals surface area contributed by atoms with E-state index >= 15 is 0 Å². The molecule has 7 heteroatoms. The lowest BCUT2D eigenvalue weighted by molar-refractivity contribution is -0.122. The molecule has 1 saturated heterocycles. The second kappa shape index (κ2) is 8.39. The van der Waals surface area contributed by atoms with E-state index in [0.717, 1.165) is 48.7 Å². The number of carbonyl (C=O) groups excluding carboxylic acids is 1. The first-order valence-corrected chi connectivity index (χ1v) is 9.64. The number of likely N-dealkylation sites (tertiary alicyclic amines) is 1. The third-order valence-electron chi connectivity index (χ3n) is 5.20. The van der Waals surface area contributed by atoms with Crippen molar-refractivity contribution in [2.75, 3.05) is 26.7 Å². The molecule has 0 saturated carbocycles. The molecule has 1 atom stereocenters. The summed E-state index contributed by atoms with van der Waals surface area (Å²) in [5, 5.41) is 11.7. The van der Waals surface area contributed by atoms with Crippen molar-refractivity contribution in [2.24, 2.45) is 0 Å².